The Bertz CT molecular complexity index is 873. The summed E-state index contributed by atoms with van der Waals surface area (Å²) in [5.74, 6) is 0. The number of hydrogen-bond donors (Lipinski definition) is 1. The summed E-state index contributed by atoms with van der Waals surface area (Å²) in [5.41, 5.74) is 1.55. The number of carbonyl (C=O) groups is 1. The number of rotatable bonds is 7. The van der Waals surface area contributed by atoms with Gasteiger partial charge < -0.3 is 5.32 Å². The molecule has 0 aromatic heterocycles. The van der Waals surface area contributed by atoms with Crippen LogP contribution in [0.25, 0.3) is 0 Å². The van der Waals surface area contributed by atoms with Crippen LogP contribution in [0.15, 0.2) is 101 Å². The fourth-order valence-corrected chi connectivity index (χ4v) is 4.21. The summed E-state index contributed by atoms with van der Waals surface area (Å²) < 4.78 is 0. The highest BCUT2D eigenvalue weighted by Crippen LogP contribution is 2.50. The Morgan fingerprint density at radius 1 is 0.714 bits per heavy atom. The fraction of sp³-hybridized carbons (Fsp3) is 0.125. The molecule has 0 fully saturated rings. The third-order valence-corrected chi connectivity index (χ3v) is 5.30. The van der Waals surface area contributed by atoms with E-state index in [2.05, 4.69) is 41.7 Å². The van der Waals surface area contributed by atoms with Gasteiger partial charge >= 0.3 is 0 Å². The van der Waals surface area contributed by atoms with Gasteiger partial charge in [-0.15, -0.1) is 0 Å². The van der Waals surface area contributed by atoms with Crippen LogP contribution in [0.3, 0.4) is 0 Å². The molecule has 0 bridgehead atoms. The van der Waals surface area contributed by atoms with E-state index in [4.69, 9.17) is 9.98 Å². The van der Waals surface area contributed by atoms with E-state index in [1.807, 2.05) is 54.6 Å². The highest BCUT2D eigenvalue weighted by Gasteiger charge is 2.55. The zero-order chi connectivity index (χ0) is 19.3. The monoisotopic (exact) mass is 367 g/mol. The minimum atomic E-state index is -0.933. The Labute approximate surface area is 164 Å². The van der Waals surface area contributed by atoms with Crippen molar-refractivity contribution in [3.05, 3.63) is 108 Å². The molecule has 1 aliphatic heterocycles. The molecule has 3 aromatic carbocycles. The summed E-state index contributed by atoms with van der Waals surface area (Å²) in [6.07, 6.45) is 4.14. The molecule has 0 saturated heterocycles. The van der Waals surface area contributed by atoms with Crippen LogP contribution in [0.5, 0.6) is 0 Å². The smallest absolute Gasteiger partial charge is 0.207 e. The number of hydrogen-bond acceptors (Lipinski definition) is 3. The molecule has 1 amide bonds. The molecule has 28 heavy (non-hydrogen) atoms. The van der Waals surface area contributed by atoms with Crippen LogP contribution in [-0.2, 0) is 10.2 Å². The van der Waals surface area contributed by atoms with Crippen molar-refractivity contribution in [3.63, 3.8) is 0 Å². The normalized spacial score (nSPS) is 14.7. The standard InChI is InChI=1S/C24H21N3O/c28-19-25-18-23(26-16-17-27-23)24(20-10-4-1-5-11-20,21-12-6-2-7-13-21)22-14-8-3-9-15-22/h1-17,19H,18H2,(H,25,28). The van der Waals surface area contributed by atoms with E-state index in [0.29, 0.717) is 6.41 Å². The van der Waals surface area contributed by atoms with Crippen LogP contribution in [0.4, 0.5) is 0 Å². The number of nitrogens with zero attached hydrogens (tertiary/aromatic N) is 2. The molecule has 1 aliphatic rings. The maximum atomic E-state index is 11.2. The Hall–Kier alpha value is -3.53. The van der Waals surface area contributed by atoms with Gasteiger partial charge in [0.25, 0.3) is 0 Å². The lowest BCUT2D eigenvalue weighted by molar-refractivity contribution is -0.109. The van der Waals surface area contributed by atoms with Crippen molar-refractivity contribution < 1.29 is 4.79 Å². The number of nitrogens with one attached hydrogen (secondary N) is 1. The third-order valence-electron chi connectivity index (χ3n) is 5.30. The topological polar surface area (TPSA) is 53.8 Å². The van der Waals surface area contributed by atoms with Gasteiger partial charge in [-0.3, -0.25) is 14.8 Å². The van der Waals surface area contributed by atoms with Crippen LogP contribution in [-0.4, -0.2) is 31.0 Å². The molecule has 0 saturated carbocycles. The maximum absolute atomic E-state index is 11.2. The van der Waals surface area contributed by atoms with Gasteiger partial charge in [-0.1, -0.05) is 91.0 Å². The van der Waals surface area contributed by atoms with E-state index in [1.54, 1.807) is 12.4 Å². The Morgan fingerprint density at radius 2 is 1.11 bits per heavy atom. The lowest BCUT2D eigenvalue weighted by Crippen LogP contribution is -2.55. The molecular weight excluding hydrogens is 346 g/mol. The van der Waals surface area contributed by atoms with E-state index in [0.717, 1.165) is 16.7 Å². The highest BCUT2D eigenvalue weighted by molar-refractivity contribution is 6.18. The fourth-order valence-electron chi connectivity index (χ4n) is 4.21. The Kier molecular flexibility index (Phi) is 4.85. The summed E-state index contributed by atoms with van der Waals surface area (Å²) in [6.45, 7) is 0.280. The summed E-state index contributed by atoms with van der Waals surface area (Å²) in [7, 11) is 0. The second-order valence-corrected chi connectivity index (χ2v) is 6.72. The second kappa shape index (κ2) is 7.61. The summed E-state index contributed by atoms with van der Waals surface area (Å²) >= 11 is 0. The van der Waals surface area contributed by atoms with Crippen molar-refractivity contribution in [2.24, 2.45) is 9.98 Å². The molecule has 138 valence electrons. The first-order valence-corrected chi connectivity index (χ1v) is 9.26. The number of benzene rings is 3. The molecule has 4 nitrogen and oxygen atoms in total. The van der Waals surface area contributed by atoms with E-state index in [1.165, 1.54) is 0 Å². The molecule has 0 radical (unpaired) electrons. The van der Waals surface area contributed by atoms with Gasteiger partial charge in [0.1, 0.15) is 0 Å². The molecular formula is C24H21N3O. The summed E-state index contributed by atoms with van der Waals surface area (Å²) in [4.78, 5) is 20.9. The third kappa shape index (κ3) is 2.74. The minimum absolute atomic E-state index is 0.280. The van der Waals surface area contributed by atoms with Crippen LogP contribution in [0, 0.1) is 0 Å². The van der Waals surface area contributed by atoms with Gasteiger partial charge in [-0.25, -0.2) is 0 Å². The van der Waals surface area contributed by atoms with E-state index < -0.39 is 11.1 Å². The van der Waals surface area contributed by atoms with E-state index in [9.17, 15) is 4.79 Å². The zero-order valence-corrected chi connectivity index (χ0v) is 15.4. The van der Waals surface area contributed by atoms with Crippen molar-refractivity contribution in [2.75, 3.05) is 6.54 Å². The van der Waals surface area contributed by atoms with Crippen molar-refractivity contribution >= 4 is 18.8 Å². The molecule has 3 aromatic rings. The van der Waals surface area contributed by atoms with Crippen LogP contribution in [0.1, 0.15) is 16.7 Å². The lowest BCUT2D eigenvalue weighted by atomic mass is 9.61. The van der Waals surface area contributed by atoms with Crippen LogP contribution < -0.4 is 5.32 Å². The second-order valence-electron chi connectivity index (χ2n) is 6.72. The predicted octanol–water partition coefficient (Wildman–Crippen LogP) is 3.62. The van der Waals surface area contributed by atoms with Crippen molar-refractivity contribution in [1.82, 2.24) is 5.32 Å². The Morgan fingerprint density at radius 3 is 1.46 bits per heavy atom. The quantitative estimate of drug-likeness (QED) is 0.503. The minimum Gasteiger partial charge on any atom is -0.354 e. The Balaban J connectivity index is 2.12. The van der Waals surface area contributed by atoms with Crippen molar-refractivity contribution in [2.45, 2.75) is 11.1 Å². The van der Waals surface area contributed by atoms with Gasteiger partial charge in [-0.05, 0) is 16.7 Å². The van der Waals surface area contributed by atoms with Crippen LogP contribution >= 0.6 is 0 Å². The maximum Gasteiger partial charge on any atom is 0.207 e. The first-order valence-electron chi connectivity index (χ1n) is 9.26. The van der Waals surface area contributed by atoms with Crippen molar-refractivity contribution in [1.29, 1.82) is 0 Å². The molecule has 4 heteroatoms. The SMILES string of the molecule is O=CNCC1(C(c2ccccc2)(c2ccccc2)c2ccccc2)N=CC=N1. The van der Waals surface area contributed by atoms with E-state index >= 15 is 0 Å². The average molecular weight is 367 g/mol. The number of aliphatic imine (C=N–C) groups is 2. The van der Waals surface area contributed by atoms with Gasteiger partial charge in [0.05, 0.1) is 12.0 Å². The van der Waals surface area contributed by atoms with E-state index in [-0.39, 0.29) is 6.54 Å². The molecule has 0 unspecified atom stereocenters. The summed E-state index contributed by atoms with van der Waals surface area (Å²) in [5, 5.41) is 2.84. The molecule has 1 heterocycles. The number of carbonyl (C=O) groups excluding carboxylic acids is 1. The predicted molar refractivity (Wildman–Crippen MR) is 113 cm³/mol. The zero-order valence-electron chi connectivity index (χ0n) is 15.4. The molecule has 4 rings (SSSR count). The number of amides is 1. The summed E-state index contributed by atoms with van der Waals surface area (Å²) in [6, 6.07) is 30.8. The first kappa shape index (κ1) is 17.9. The molecule has 0 aliphatic carbocycles. The highest BCUT2D eigenvalue weighted by atomic mass is 16.1. The van der Waals surface area contributed by atoms with Gasteiger partial charge in [0, 0.05) is 12.4 Å². The average Bonchev–Trinajstić information content (AvgIpc) is 3.25. The largest absolute Gasteiger partial charge is 0.354 e. The van der Waals surface area contributed by atoms with Crippen LogP contribution in [0.2, 0.25) is 0 Å². The molecule has 0 atom stereocenters. The van der Waals surface area contributed by atoms with Crippen molar-refractivity contribution in [3.8, 4) is 0 Å². The van der Waals surface area contributed by atoms with Gasteiger partial charge in [0.15, 0.2) is 5.66 Å². The van der Waals surface area contributed by atoms with Gasteiger partial charge in [-0.2, -0.15) is 0 Å². The van der Waals surface area contributed by atoms with Gasteiger partial charge in [0.2, 0.25) is 6.41 Å². The first-order chi connectivity index (χ1) is 13.8. The molecule has 0 spiro atoms. The lowest BCUT2D eigenvalue weighted by Gasteiger charge is -2.46. The molecule has 1 N–H and O–H groups in total.